The standard InChI is InChI=1S/C18H20ClN5O2/c1-12-3-4-14(19)11-16(12)20-18(26)15-5-6-17(22-21-15)24-9-7-23(8-10-24)13(2)25/h3-6,11H,7-10H2,1-2H3,(H,20,26). The van der Waals surface area contributed by atoms with Gasteiger partial charge in [0, 0.05) is 43.8 Å². The molecule has 136 valence electrons. The summed E-state index contributed by atoms with van der Waals surface area (Å²) in [7, 11) is 0. The predicted molar refractivity (Wildman–Crippen MR) is 101 cm³/mol. The van der Waals surface area contributed by atoms with E-state index in [1.165, 1.54) is 0 Å². The maximum Gasteiger partial charge on any atom is 0.276 e. The van der Waals surface area contributed by atoms with E-state index in [-0.39, 0.29) is 17.5 Å². The fourth-order valence-corrected chi connectivity index (χ4v) is 2.95. The first-order chi connectivity index (χ1) is 12.4. The van der Waals surface area contributed by atoms with E-state index in [0.29, 0.717) is 42.7 Å². The number of aromatic nitrogens is 2. The van der Waals surface area contributed by atoms with Crippen LogP contribution in [0.25, 0.3) is 0 Å². The monoisotopic (exact) mass is 373 g/mol. The zero-order valence-electron chi connectivity index (χ0n) is 14.7. The summed E-state index contributed by atoms with van der Waals surface area (Å²) in [6, 6.07) is 8.73. The summed E-state index contributed by atoms with van der Waals surface area (Å²) in [4.78, 5) is 27.6. The molecule has 1 aromatic heterocycles. The molecule has 0 spiro atoms. The topological polar surface area (TPSA) is 78.4 Å². The molecule has 8 heteroatoms. The fourth-order valence-electron chi connectivity index (χ4n) is 2.78. The van der Waals surface area contributed by atoms with Crippen LogP contribution in [0.3, 0.4) is 0 Å². The Morgan fingerprint density at radius 1 is 1.08 bits per heavy atom. The smallest absolute Gasteiger partial charge is 0.276 e. The molecular weight excluding hydrogens is 354 g/mol. The van der Waals surface area contributed by atoms with Gasteiger partial charge < -0.3 is 15.1 Å². The number of rotatable bonds is 3. The number of amides is 2. The van der Waals surface area contributed by atoms with Crippen LogP contribution in [-0.4, -0.2) is 53.1 Å². The molecule has 2 aromatic rings. The maximum absolute atomic E-state index is 12.4. The van der Waals surface area contributed by atoms with E-state index in [4.69, 9.17) is 11.6 Å². The average Bonchev–Trinajstić information content (AvgIpc) is 2.65. The van der Waals surface area contributed by atoms with Crippen LogP contribution >= 0.6 is 11.6 Å². The molecule has 1 aromatic carbocycles. The van der Waals surface area contributed by atoms with E-state index in [9.17, 15) is 9.59 Å². The van der Waals surface area contributed by atoms with Gasteiger partial charge in [-0.05, 0) is 36.8 Å². The predicted octanol–water partition coefficient (Wildman–Crippen LogP) is 2.36. The molecule has 0 unspecified atom stereocenters. The minimum absolute atomic E-state index is 0.0825. The van der Waals surface area contributed by atoms with Crippen molar-refractivity contribution in [1.82, 2.24) is 15.1 Å². The van der Waals surface area contributed by atoms with Crippen LogP contribution in [0.15, 0.2) is 30.3 Å². The van der Waals surface area contributed by atoms with Crippen molar-refractivity contribution in [3.63, 3.8) is 0 Å². The number of nitrogens with zero attached hydrogens (tertiary/aromatic N) is 4. The second kappa shape index (κ2) is 7.70. The van der Waals surface area contributed by atoms with E-state index in [1.807, 2.05) is 13.0 Å². The second-order valence-corrected chi connectivity index (χ2v) is 6.62. The number of aryl methyl sites for hydroxylation is 1. The Morgan fingerprint density at radius 3 is 2.42 bits per heavy atom. The Morgan fingerprint density at radius 2 is 1.81 bits per heavy atom. The van der Waals surface area contributed by atoms with Crippen LogP contribution in [0.1, 0.15) is 23.0 Å². The lowest BCUT2D eigenvalue weighted by molar-refractivity contribution is -0.129. The highest BCUT2D eigenvalue weighted by Crippen LogP contribution is 2.21. The van der Waals surface area contributed by atoms with Crippen molar-refractivity contribution in [3.8, 4) is 0 Å². The van der Waals surface area contributed by atoms with Crippen LogP contribution in [-0.2, 0) is 4.79 Å². The van der Waals surface area contributed by atoms with Gasteiger partial charge in [-0.25, -0.2) is 0 Å². The zero-order chi connectivity index (χ0) is 18.7. The Hall–Kier alpha value is -2.67. The number of carbonyl (C=O) groups excluding carboxylic acids is 2. The highest BCUT2D eigenvalue weighted by atomic mass is 35.5. The third kappa shape index (κ3) is 4.11. The van der Waals surface area contributed by atoms with E-state index >= 15 is 0 Å². The molecule has 0 atom stereocenters. The van der Waals surface area contributed by atoms with Gasteiger partial charge in [0.1, 0.15) is 0 Å². The molecule has 2 amide bonds. The Balaban J connectivity index is 1.65. The first-order valence-corrected chi connectivity index (χ1v) is 8.73. The molecule has 2 heterocycles. The number of hydrogen-bond acceptors (Lipinski definition) is 5. The first kappa shape index (κ1) is 18.1. The number of nitrogens with one attached hydrogen (secondary N) is 1. The molecular formula is C18H20ClN5O2. The summed E-state index contributed by atoms with van der Waals surface area (Å²) < 4.78 is 0. The average molecular weight is 374 g/mol. The summed E-state index contributed by atoms with van der Waals surface area (Å²) in [5.41, 5.74) is 1.79. The van der Waals surface area contributed by atoms with Gasteiger partial charge >= 0.3 is 0 Å². The summed E-state index contributed by atoms with van der Waals surface area (Å²) in [5.74, 6) is 0.443. The van der Waals surface area contributed by atoms with Gasteiger partial charge in [-0.15, -0.1) is 10.2 Å². The summed E-state index contributed by atoms with van der Waals surface area (Å²) >= 11 is 5.97. The molecule has 1 fully saturated rings. The number of anilines is 2. The van der Waals surface area contributed by atoms with Crippen molar-refractivity contribution < 1.29 is 9.59 Å². The van der Waals surface area contributed by atoms with E-state index < -0.39 is 0 Å². The third-order valence-corrected chi connectivity index (χ3v) is 4.62. The van der Waals surface area contributed by atoms with Gasteiger partial charge in [0.05, 0.1) is 0 Å². The summed E-state index contributed by atoms with van der Waals surface area (Å²) in [6.45, 7) is 6.18. The largest absolute Gasteiger partial charge is 0.352 e. The van der Waals surface area contributed by atoms with Crippen molar-refractivity contribution >= 4 is 34.9 Å². The van der Waals surface area contributed by atoms with Gasteiger partial charge in [0.25, 0.3) is 5.91 Å². The van der Waals surface area contributed by atoms with Crippen LogP contribution in [0.4, 0.5) is 11.5 Å². The Kier molecular flexibility index (Phi) is 5.37. The molecule has 1 aliphatic heterocycles. The molecule has 1 aliphatic rings. The van der Waals surface area contributed by atoms with Gasteiger partial charge in [0.15, 0.2) is 11.5 Å². The second-order valence-electron chi connectivity index (χ2n) is 6.18. The van der Waals surface area contributed by atoms with Crippen LogP contribution < -0.4 is 10.2 Å². The maximum atomic E-state index is 12.4. The lowest BCUT2D eigenvalue weighted by Gasteiger charge is -2.34. The van der Waals surface area contributed by atoms with Gasteiger partial charge in [-0.1, -0.05) is 17.7 Å². The molecule has 1 saturated heterocycles. The van der Waals surface area contributed by atoms with Crippen molar-refractivity contribution in [2.24, 2.45) is 0 Å². The summed E-state index contributed by atoms with van der Waals surface area (Å²) in [6.07, 6.45) is 0. The van der Waals surface area contributed by atoms with Crippen LogP contribution in [0, 0.1) is 6.92 Å². The van der Waals surface area contributed by atoms with Crippen LogP contribution in [0.2, 0.25) is 5.02 Å². The van der Waals surface area contributed by atoms with Crippen molar-refractivity contribution in [1.29, 1.82) is 0 Å². The van der Waals surface area contributed by atoms with E-state index in [1.54, 1.807) is 36.1 Å². The molecule has 1 N–H and O–H groups in total. The van der Waals surface area contributed by atoms with Crippen LogP contribution in [0.5, 0.6) is 0 Å². The normalized spacial score (nSPS) is 14.3. The minimum Gasteiger partial charge on any atom is -0.352 e. The fraction of sp³-hybridized carbons (Fsp3) is 0.333. The molecule has 0 radical (unpaired) electrons. The lowest BCUT2D eigenvalue weighted by atomic mass is 10.2. The molecule has 0 saturated carbocycles. The van der Waals surface area contributed by atoms with Crippen molar-refractivity contribution in [2.75, 3.05) is 36.4 Å². The number of hydrogen-bond donors (Lipinski definition) is 1. The van der Waals surface area contributed by atoms with E-state index in [2.05, 4.69) is 20.4 Å². The van der Waals surface area contributed by atoms with Crippen molar-refractivity contribution in [2.45, 2.75) is 13.8 Å². The number of benzene rings is 1. The molecule has 7 nitrogen and oxygen atoms in total. The highest BCUT2D eigenvalue weighted by Gasteiger charge is 2.20. The Bertz CT molecular complexity index is 817. The quantitative estimate of drug-likeness (QED) is 0.893. The van der Waals surface area contributed by atoms with Crippen molar-refractivity contribution in [3.05, 3.63) is 46.6 Å². The Labute approximate surface area is 157 Å². The molecule has 0 bridgehead atoms. The number of carbonyl (C=O) groups is 2. The highest BCUT2D eigenvalue weighted by molar-refractivity contribution is 6.31. The lowest BCUT2D eigenvalue weighted by Crippen LogP contribution is -2.48. The number of halogens is 1. The molecule has 0 aliphatic carbocycles. The minimum atomic E-state index is -0.337. The van der Waals surface area contributed by atoms with Gasteiger partial charge in [0.2, 0.25) is 5.91 Å². The first-order valence-electron chi connectivity index (χ1n) is 8.36. The third-order valence-electron chi connectivity index (χ3n) is 4.38. The van der Waals surface area contributed by atoms with E-state index in [0.717, 1.165) is 5.56 Å². The summed E-state index contributed by atoms with van der Waals surface area (Å²) in [5, 5.41) is 11.6. The molecule has 26 heavy (non-hydrogen) atoms. The van der Waals surface area contributed by atoms with Gasteiger partial charge in [-0.2, -0.15) is 0 Å². The zero-order valence-corrected chi connectivity index (χ0v) is 15.5. The van der Waals surface area contributed by atoms with Gasteiger partial charge in [-0.3, -0.25) is 9.59 Å². The number of piperazine rings is 1. The SMILES string of the molecule is CC(=O)N1CCN(c2ccc(C(=O)Nc3cc(Cl)ccc3C)nn2)CC1. The molecule has 3 rings (SSSR count).